The predicted molar refractivity (Wildman–Crippen MR) is 186 cm³/mol. The lowest BCUT2D eigenvalue weighted by Crippen LogP contribution is -2.23. The number of nitrogens with two attached hydrogens (primary N) is 1. The summed E-state index contributed by atoms with van der Waals surface area (Å²) in [5.41, 5.74) is 17.2. The average Bonchev–Trinajstić information content (AvgIpc) is 3.00. The van der Waals surface area contributed by atoms with E-state index in [9.17, 15) is 0 Å². The Kier molecular flexibility index (Phi) is 15.1. The molecule has 2 atom stereocenters. The fourth-order valence-electron chi connectivity index (χ4n) is 5.52. The van der Waals surface area contributed by atoms with Crippen molar-refractivity contribution in [1.29, 1.82) is 0 Å². The van der Waals surface area contributed by atoms with Crippen LogP contribution in [0.3, 0.4) is 0 Å². The second kappa shape index (κ2) is 18.5. The van der Waals surface area contributed by atoms with Crippen LogP contribution in [0.4, 0.5) is 0 Å². The summed E-state index contributed by atoms with van der Waals surface area (Å²) >= 11 is 0. The Balaban J connectivity index is 2.50. The van der Waals surface area contributed by atoms with E-state index in [1.165, 1.54) is 33.6 Å². The molecular formula is C40H52N2. The molecule has 2 rings (SSSR count). The van der Waals surface area contributed by atoms with Crippen molar-refractivity contribution in [3.05, 3.63) is 142 Å². The number of hydrogen-bond donors (Lipinski definition) is 2. The Labute approximate surface area is 257 Å². The molecule has 0 aromatic heterocycles. The summed E-state index contributed by atoms with van der Waals surface area (Å²) < 4.78 is 0. The molecule has 0 fully saturated rings. The molecule has 0 aromatic rings. The number of nitrogens with one attached hydrogen (secondary N) is 1. The highest BCUT2D eigenvalue weighted by Crippen LogP contribution is 2.33. The van der Waals surface area contributed by atoms with E-state index >= 15 is 0 Å². The van der Waals surface area contributed by atoms with Gasteiger partial charge in [0, 0.05) is 35.9 Å². The number of rotatable bonds is 14. The molecule has 0 bridgehead atoms. The van der Waals surface area contributed by atoms with Gasteiger partial charge in [-0.05, 0) is 88.7 Å². The second-order valence-corrected chi connectivity index (χ2v) is 11.1. The maximum absolute atomic E-state index is 6.26. The van der Waals surface area contributed by atoms with Gasteiger partial charge >= 0.3 is 0 Å². The molecule has 0 spiro atoms. The zero-order chi connectivity index (χ0) is 30.9. The lowest BCUT2D eigenvalue weighted by molar-refractivity contribution is 0.650. The van der Waals surface area contributed by atoms with E-state index in [4.69, 9.17) is 12.2 Å². The van der Waals surface area contributed by atoms with Crippen molar-refractivity contribution in [2.24, 2.45) is 17.6 Å². The molecule has 0 radical (unpaired) electrons. The quantitative estimate of drug-likeness (QED) is 0.126. The lowest BCUT2D eigenvalue weighted by atomic mass is 9.83. The number of allylic oxidation sites excluding steroid dienone is 20. The maximum Gasteiger partial charge on any atom is 0.0331 e. The minimum Gasteiger partial charge on any atom is -0.404 e. The summed E-state index contributed by atoms with van der Waals surface area (Å²) in [6, 6.07) is 0. The van der Waals surface area contributed by atoms with E-state index in [2.05, 4.69) is 119 Å². The van der Waals surface area contributed by atoms with Crippen molar-refractivity contribution < 1.29 is 0 Å². The first-order chi connectivity index (χ1) is 20.3. The van der Waals surface area contributed by atoms with Crippen LogP contribution in [0.15, 0.2) is 142 Å². The van der Waals surface area contributed by atoms with E-state index in [1.54, 1.807) is 6.20 Å². The molecule has 1 aliphatic carbocycles. The molecule has 0 aromatic carbocycles. The molecule has 1 aliphatic heterocycles. The van der Waals surface area contributed by atoms with Crippen LogP contribution >= 0.6 is 0 Å². The summed E-state index contributed by atoms with van der Waals surface area (Å²) in [4.78, 5) is 0. The van der Waals surface area contributed by atoms with Crippen LogP contribution in [0.5, 0.6) is 0 Å². The molecule has 3 N–H and O–H groups in total. The van der Waals surface area contributed by atoms with Crippen LogP contribution in [0.25, 0.3) is 0 Å². The third-order valence-electron chi connectivity index (χ3n) is 7.86. The van der Waals surface area contributed by atoms with E-state index < -0.39 is 0 Å². The number of terminal acetylenes is 1. The van der Waals surface area contributed by atoms with Gasteiger partial charge < -0.3 is 11.1 Å². The highest BCUT2D eigenvalue weighted by molar-refractivity contribution is 5.54. The second-order valence-electron chi connectivity index (χ2n) is 11.1. The van der Waals surface area contributed by atoms with Crippen molar-refractivity contribution in [2.45, 2.75) is 73.6 Å². The van der Waals surface area contributed by atoms with E-state index in [1.807, 2.05) is 19.1 Å². The van der Waals surface area contributed by atoms with Crippen molar-refractivity contribution in [2.75, 3.05) is 6.54 Å². The molecule has 0 saturated heterocycles. The third-order valence-corrected chi connectivity index (χ3v) is 7.86. The standard InChI is InChI=1S/C40H52N2/c1-9-13-14-18-32(7)38(39-19-15-16-26-42-39)25-24-36(35-22-20-34(12-4)21-23-35)27-30(5)28-37(29-41)40(31(6)11-3)33(8)17-10-2/h4,9,11,13-16,18-22,24,28-29,35,38,42H,7,10,17,23,25-27,41H2,1-3,5-6,8H3/b13-9-,18-14-,30-28-,31-11-,36-24+,37-29+,40-33-. The fourth-order valence-corrected chi connectivity index (χ4v) is 5.52. The summed E-state index contributed by atoms with van der Waals surface area (Å²) in [7, 11) is 0. The molecule has 2 unspecified atom stereocenters. The Bertz CT molecular complexity index is 1330. The van der Waals surface area contributed by atoms with Crippen LogP contribution in [0, 0.1) is 24.2 Å². The van der Waals surface area contributed by atoms with Crippen molar-refractivity contribution in [3.8, 4) is 12.3 Å². The Morgan fingerprint density at radius 1 is 1.24 bits per heavy atom. The molecule has 42 heavy (non-hydrogen) atoms. The largest absolute Gasteiger partial charge is 0.404 e. The summed E-state index contributed by atoms with van der Waals surface area (Å²) in [6.45, 7) is 18.3. The SMILES string of the molecule is C#CC1=CCC(/C(=C/CC(C(=C)/C=C\C=C/C)C2=CC=CCN2)C\C(C)=C/C(=C\N)C(/C(C)=C\C)=C(/C)CCC)C=C1. The number of dihydropyridines is 1. The van der Waals surface area contributed by atoms with Crippen LogP contribution < -0.4 is 11.1 Å². The maximum atomic E-state index is 6.26. The first-order valence-corrected chi connectivity index (χ1v) is 15.3. The van der Waals surface area contributed by atoms with Crippen LogP contribution in [-0.4, -0.2) is 6.54 Å². The molecule has 2 heteroatoms. The topological polar surface area (TPSA) is 38.0 Å². The predicted octanol–water partition coefficient (Wildman–Crippen LogP) is 10.0. The van der Waals surface area contributed by atoms with Gasteiger partial charge in [0.15, 0.2) is 0 Å². The average molecular weight is 561 g/mol. The molecule has 2 aliphatic rings. The van der Waals surface area contributed by atoms with Crippen LogP contribution in [0.1, 0.15) is 73.6 Å². The van der Waals surface area contributed by atoms with Crippen molar-refractivity contribution in [1.82, 2.24) is 5.32 Å². The van der Waals surface area contributed by atoms with Gasteiger partial charge in [-0.3, -0.25) is 0 Å². The lowest BCUT2D eigenvalue weighted by Gasteiger charge is -2.25. The monoisotopic (exact) mass is 560 g/mol. The van der Waals surface area contributed by atoms with Gasteiger partial charge in [0.05, 0.1) is 0 Å². The zero-order valence-corrected chi connectivity index (χ0v) is 26.8. The first kappa shape index (κ1) is 34.2. The Morgan fingerprint density at radius 2 is 2.02 bits per heavy atom. The van der Waals surface area contributed by atoms with E-state index in [0.29, 0.717) is 5.92 Å². The minimum atomic E-state index is 0.170. The summed E-state index contributed by atoms with van der Waals surface area (Å²) in [5.74, 6) is 3.25. The van der Waals surface area contributed by atoms with Gasteiger partial charge in [0.25, 0.3) is 0 Å². The van der Waals surface area contributed by atoms with Crippen LogP contribution in [0.2, 0.25) is 0 Å². The van der Waals surface area contributed by atoms with Gasteiger partial charge in [-0.25, -0.2) is 0 Å². The van der Waals surface area contributed by atoms with Gasteiger partial charge in [-0.15, -0.1) is 6.42 Å². The number of hydrogen-bond acceptors (Lipinski definition) is 2. The molecule has 222 valence electrons. The van der Waals surface area contributed by atoms with Crippen LogP contribution in [-0.2, 0) is 0 Å². The van der Waals surface area contributed by atoms with E-state index in [-0.39, 0.29) is 5.92 Å². The molecule has 0 amide bonds. The normalized spacial score (nSPS) is 19.8. The van der Waals surface area contributed by atoms with Crippen molar-refractivity contribution in [3.63, 3.8) is 0 Å². The highest BCUT2D eigenvalue weighted by atomic mass is 14.9. The van der Waals surface area contributed by atoms with Crippen molar-refractivity contribution >= 4 is 0 Å². The van der Waals surface area contributed by atoms with Gasteiger partial charge in [0.1, 0.15) is 0 Å². The fraction of sp³-hybridized carbons (Fsp3) is 0.350. The molecule has 1 heterocycles. The Hall–Kier alpha value is -3.96. The van der Waals surface area contributed by atoms with Gasteiger partial charge in [-0.2, -0.15) is 0 Å². The zero-order valence-electron chi connectivity index (χ0n) is 26.8. The van der Waals surface area contributed by atoms with E-state index in [0.717, 1.165) is 55.4 Å². The highest BCUT2D eigenvalue weighted by Gasteiger charge is 2.19. The molecule has 2 nitrogen and oxygen atoms in total. The van der Waals surface area contributed by atoms with Gasteiger partial charge in [0.2, 0.25) is 0 Å². The third kappa shape index (κ3) is 10.5. The summed E-state index contributed by atoms with van der Waals surface area (Å²) in [5, 5.41) is 3.57. The molecule has 0 saturated carbocycles. The minimum absolute atomic E-state index is 0.170. The first-order valence-electron chi connectivity index (χ1n) is 15.3. The Morgan fingerprint density at radius 3 is 2.60 bits per heavy atom. The summed E-state index contributed by atoms with van der Waals surface area (Å²) in [6.07, 6.45) is 40.4. The molecular weight excluding hydrogens is 508 g/mol. The van der Waals surface area contributed by atoms with Gasteiger partial charge in [-0.1, -0.05) is 115 Å². The smallest absolute Gasteiger partial charge is 0.0331 e.